The van der Waals surface area contributed by atoms with E-state index in [0.29, 0.717) is 11.6 Å². The summed E-state index contributed by atoms with van der Waals surface area (Å²) in [6.45, 7) is 0. The Morgan fingerprint density at radius 1 is 1.21 bits per heavy atom. The first-order valence-corrected chi connectivity index (χ1v) is 6.48. The van der Waals surface area contributed by atoms with Crippen LogP contribution < -0.4 is 14.8 Å². The molecule has 0 saturated carbocycles. The number of rotatable bonds is 4. The molecule has 0 fully saturated rings. The minimum Gasteiger partial charge on any atom is -0.497 e. The van der Waals surface area contributed by atoms with Crippen LogP contribution in [0.3, 0.4) is 0 Å². The van der Waals surface area contributed by atoms with Crippen LogP contribution in [0, 0.1) is 0 Å². The van der Waals surface area contributed by atoms with Gasteiger partial charge in [0.1, 0.15) is 12.1 Å². The summed E-state index contributed by atoms with van der Waals surface area (Å²) in [7, 11) is 3.12. The molecule has 0 amide bonds. The van der Waals surface area contributed by atoms with E-state index >= 15 is 0 Å². The molecule has 100 valence electrons. The fraction of sp³-hybridized carbons (Fsp3) is 0.167. The molecule has 0 aliphatic rings. The van der Waals surface area contributed by atoms with Gasteiger partial charge in [-0.25, -0.2) is 9.97 Å². The third-order valence-electron chi connectivity index (χ3n) is 2.39. The van der Waals surface area contributed by atoms with Gasteiger partial charge in [0, 0.05) is 10.5 Å². The molecule has 2 aromatic rings. The van der Waals surface area contributed by atoms with Crippen molar-refractivity contribution in [1.29, 1.82) is 0 Å². The van der Waals surface area contributed by atoms with Gasteiger partial charge in [-0.3, -0.25) is 0 Å². The molecule has 0 atom stereocenters. The monoisotopic (exact) mass is 343 g/mol. The lowest BCUT2D eigenvalue weighted by molar-refractivity contribution is 0.413. The van der Waals surface area contributed by atoms with Gasteiger partial charge in [0.15, 0.2) is 16.7 Å². The summed E-state index contributed by atoms with van der Waals surface area (Å²) < 4.78 is 11.2. The van der Waals surface area contributed by atoms with Crippen LogP contribution in [0.4, 0.5) is 11.5 Å². The van der Waals surface area contributed by atoms with E-state index in [1.807, 2.05) is 18.2 Å². The summed E-state index contributed by atoms with van der Waals surface area (Å²) in [4.78, 5) is 7.97. The number of benzene rings is 1. The van der Waals surface area contributed by atoms with E-state index in [2.05, 4.69) is 31.2 Å². The van der Waals surface area contributed by atoms with E-state index in [0.717, 1.165) is 15.9 Å². The van der Waals surface area contributed by atoms with Gasteiger partial charge in [-0.15, -0.1) is 0 Å². The van der Waals surface area contributed by atoms with E-state index in [9.17, 15) is 0 Å². The predicted molar refractivity (Wildman–Crippen MR) is 77.6 cm³/mol. The van der Waals surface area contributed by atoms with E-state index in [1.165, 1.54) is 13.4 Å². The molecule has 1 N–H and O–H groups in total. The highest BCUT2D eigenvalue weighted by atomic mass is 79.9. The van der Waals surface area contributed by atoms with Gasteiger partial charge in [-0.1, -0.05) is 11.6 Å². The molecular formula is C12H11BrClN3O2. The molecule has 1 aromatic heterocycles. The Bertz CT molecular complexity index is 595. The van der Waals surface area contributed by atoms with Crippen LogP contribution in [-0.2, 0) is 0 Å². The number of ether oxygens (including phenoxy) is 2. The summed E-state index contributed by atoms with van der Waals surface area (Å²) in [5.74, 6) is 1.60. The van der Waals surface area contributed by atoms with Crippen molar-refractivity contribution in [3.05, 3.63) is 34.2 Å². The first-order valence-electron chi connectivity index (χ1n) is 5.30. The van der Waals surface area contributed by atoms with Crippen molar-refractivity contribution in [2.45, 2.75) is 0 Å². The number of hydrogen-bond donors (Lipinski definition) is 1. The predicted octanol–water partition coefficient (Wildman–Crippen LogP) is 3.65. The van der Waals surface area contributed by atoms with Crippen molar-refractivity contribution in [3.63, 3.8) is 0 Å². The molecule has 0 aliphatic heterocycles. The van der Waals surface area contributed by atoms with Gasteiger partial charge in [-0.05, 0) is 28.1 Å². The molecule has 0 unspecified atom stereocenters. The Labute approximate surface area is 124 Å². The molecule has 5 nitrogen and oxygen atoms in total. The standard InChI is InChI=1S/C12H11BrClN3O2/c1-18-7-3-4-8(13)9(5-7)17-12-10(19-2)11(14)15-6-16-12/h3-6H,1-2H3,(H,15,16,17). The average molecular weight is 345 g/mol. The second-order valence-corrected chi connectivity index (χ2v) is 4.73. The van der Waals surface area contributed by atoms with E-state index < -0.39 is 0 Å². The van der Waals surface area contributed by atoms with Gasteiger partial charge in [0.05, 0.1) is 19.9 Å². The quantitative estimate of drug-likeness (QED) is 0.858. The fourth-order valence-electron chi connectivity index (χ4n) is 1.48. The van der Waals surface area contributed by atoms with Gasteiger partial charge in [-0.2, -0.15) is 0 Å². The lowest BCUT2D eigenvalue weighted by Gasteiger charge is -2.12. The molecule has 0 radical (unpaired) electrons. The first-order chi connectivity index (χ1) is 9.15. The summed E-state index contributed by atoms with van der Waals surface area (Å²) >= 11 is 9.39. The lowest BCUT2D eigenvalue weighted by Crippen LogP contribution is -2.00. The zero-order chi connectivity index (χ0) is 13.8. The Hall–Kier alpha value is -1.53. The Morgan fingerprint density at radius 2 is 2.00 bits per heavy atom. The van der Waals surface area contributed by atoms with Crippen molar-refractivity contribution in [2.75, 3.05) is 19.5 Å². The Balaban J connectivity index is 2.38. The van der Waals surface area contributed by atoms with Crippen LogP contribution in [-0.4, -0.2) is 24.2 Å². The molecular weight excluding hydrogens is 334 g/mol. The van der Waals surface area contributed by atoms with Crippen molar-refractivity contribution in [2.24, 2.45) is 0 Å². The third-order valence-corrected chi connectivity index (χ3v) is 3.35. The topological polar surface area (TPSA) is 56.3 Å². The molecule has 0 aliphatic carbocycles. The number of aromatic nitrogens is 2. The Kier molecular flexibility index (Phi) is 4.44. The molecule has 1 aromatic carbocycles. The second kappa shape index (κ2) is 6.08. The van der Waals surface area contributed by atoms with Crippen molar-refractivity contribution in [3.8, 4) is 11.5 Å². The minimum absolute atomic E-state index is 0.249. The fourth-order valence-corrected chi connectivity index (χ4v) is 2.03. The first kappa shape index (κ1) is 13.9. The highest BCUT2D eigenvalue weighted by Crippen LogP contribution is 2.34. The molecule has 7 heteroatoms. The number of methoxy groups -OCH3 is 2. The van der Waals surface area contributed by atoms with Crippen LogP contribution in [0.15, 0.2) is 29.0 Å². The highest BCUT2D eigenvalue weighted by molar-refractivity contribution is 9.10. The van der Waals surface area contributed by atoms with Crippen LogP contribution >= 0.6 is 27.5 Å². The molecule has 2 rings (SSSR count). The summed E-state index contributed by atoms with van der Waals surface area (Å²) in [6, 6.07) is 5.55. The maximum atomic E-state index is 5.94. The normalized spacial score (nSPS) is 10.1. The van der Waals surface area contributed by atoms with Crippen LogP contribution in [0.5, 0.6) is 11.5 Å². The van der Waals surface area contributed by atoms with Gasteiger partial charge >= 0.3 is 0 Å². The average Bonchev–Trinajstić information content (AvgIpc) is 2.41. The zero-order valence-electron chi connectivity index (χ0n) is 10.3. The maximum absolute atomic E-state index is 5.94. The van der Waals surface area contributed by atoms with E-state index in [4.69, 9.17) is 21.1 Å². The summed E-state index contributed by atoms with van der Waals surface area (Å²) in [6.07, 6.45) is 1.36. The van der Waals surface area contributed by atoms with Gasteiger partial charge in [0.25, 0.3) is 0 Å². The van der Waals surface area contributed by atoms with E-state index in [1.54, 1.807) is 7.11 Å². The molecule has 1 heterocycles. The van der Waals surface area contributed by atoms with Crippen LogP contribution in [0.2, 0.25) is 5.15 Å². The lowest BCUT2D eigenvalue weighted by atomic mass is 10.3. The zero-order valence-corrected chi connectivity index (χ0v) is 12.6. The number of halogens is 2. The summed E-state index contributed by atoms with van der Waals surface area (Å²) in [5, 5.41) is 3.37. The number of nitrogens with one attached hydrogen (secondary N) is 1. The highest BCUT2D eigenvalue weighted by Gasteiger charge is 2.12. The third kappa shape index (κ3) is 3.08. The molecule has 0 spiro atoms. The Morgan fingerprint density at radius 3 is 2.68 bits per heavy atom. The molecule has 0 saturated heterocycles. The second-order valence-electron chi connectivity index (χ2n) is 3.52. The van der Waals surface area contributed by atoms with Gasteiger partial charge < -0.3 is 14.8 Å². The van der Waals surface area contributed by atoms with Crippen LogP contribution in [0.1, 0.15) is 0 Å². The minimum atomic E-state index is 0.249. The van der Waals surface area contributed by atoms with Gasteiger partial charge in [0.2, 0.25) is 0 Å². The number of nitrogens with zero attached hydrogens (tertiary/aromatic N) is 2. The van der Waals surface area contributed by atoms with E-state index in [-0.39, 0.29) is 5.15 Å². The molecule has 19 heavy (non-hydrogen) atoms. The van der Waals surface area contributed by atoms with Crippen molar-refractivity contribution >= 4 is 39.0 Å². The smallest absolute Gasteiger partial charge is 0.199 e. The number of hydrogen-bond acceptors (Lipinski definition) is 5. The van der Waals surface area contributed by atoms with Crippen molar-refractivity contribution in [1.82, 2.24) is 9.97 Å². The van der Waals surface area contributed by atoms with Crippen LogP contribution in [0.25, 0.3) is 0 Å². The summed E-state index contributed by atoms with van der Waals surface area (Å²) in [5.41, 5.74) is 0.785. The maximum Gasteiger partial charge on any atom is 0.199 e. The van der Waals surface area contributed by atoms with Crippen molar-refractivity contribution < 1.29 is 9.47 Å². The molecule has 0 bridgehead atoms. The largest absolute Gasteiger partial charge is 0.497 e. The SMILES string of the molecule is COc1ccc(Br)c(Nc2ncnc(Cl)c2OC)c1. The number of anilines is 2.